The lowest BCUT2D eigenvalue weighted by atomic mass is 10.2. The zero-order valence-electron chi connectivity index (χ0n) is 18.1. The summed E-state index contributed by atoms with van der Waals surface area (Å²) in [5.74, 6) is 1.30. The van der Waals surface area contributed by atoms with E-state index in [-0.39, 0.29) is 4.90 Å². The van der Waals surface area contributed by atoms with Crippen molar-refractivity contribution in [1.82, 2.24) is 8.87 Å². The standard InChI is InChI=1S/C22H29N3O4S/c1-16-15-25(21-9-7-17(28-4)13-19(16)21)30(26,27)18-8-10-22(29-5)20(14-18)23-11-6-12-24(2)3/h7-10,13-15,23H,6,11-12H2,1-5H3. The molecule has 0 saturated carbocycles. The molecule has 0 fully saturated rings. The van der Waals surface area contributed by atoms with E-state index >= 15 is 0 Å². The van der Waals surface area contributed by atoms with Gasteiger partial charge in [-0.05, 0) is 75.9 Å². The van der Waals surface area contributed by atoms with Crippen LogP contribution in [0.15, 0.2) is 47.5 Å². The Bertz CT molecular complexity index is 1140. The third-order valence-electron chi connectivity index (χ3n) is 5.00. The average molecular weight is 432 g/mol. The topological polar surface area (TPSA) is 72.8 Å². The van der Waals surface area contributed by atoms with Gasteiger partial charge in [-0.15, -0.1) is 0 Å². The Balaban J connectivity index is 1.98. The summed E-state index contributed by atoms with van der Waals surface area (Å²) in [6.45, 7) is 3.54. The number of nitrogens with zero attached hydrogens (tertiary/aromatic N) is 2. The molecule has 0 saturated heterocycles. The lowest BCUT2D eigenvalue weighted by Crippen LogP contribution is -2.17. The Morgan fingerprint density at radius 3 is 2.50 bits per heavy atom. The van der Waals surface area contributed by atoms with Gasteiger partial charge in [-0.25, -0.2) is 12.4 Å². The van der Waals surface area contributed by atoms with Crippen LogP contribution in [-0.4, -0.2) is 58.7 Å². The number of aryl methyl sites for hydroxylation is 1. The molecule has 2 aromatic carbocycles. The van der Waals surface area contributed by atoms with Crippen molar-refractivity contribution in [2.75, 3.05) is 46.7 Å². The monoisotopic (exact) mass is 431 g/mol. The first-order valence-corrected chi connectivity index (χ1v) is 11.2. The number of nitrogens with one attached hydrogen (secondary N) is 1. The van der Waals surface area contributed by atoms with E-state index in [1.807, 2.05) is 27.1 Å². The van der Waals surface area contributed by atoms with Crippen LogP contribution in [0, 0.1) is 6.92 Å². The van der Waals surface area contributed by atoms with Crippen LogP contribution in [-0.2, 0) is 10.0 Å². The highest BCUT2D eigenvalue weighted by atomic mass is 32.2. The van der Waals surface area contributed by atoms with Gasteiger partial charge in [-0.3, -0.25) is 0 Å². The van der Waals surface area contributed by atoms with Crippen molar-refractivity contribution in [2.24, 2.45) is 0 Å². The second kappa shape index (κ2) is 8.97. The van der Waals surface area contributed by atoms with Crippen molar-refractivity contribution in [3.05, 3.63) is 48.2 Å². The summed E-state index contributed by atoms with van der Waals surface area (Å²) >= 11 is 0. The smallest absolute Gasteiger partial charge is 0.268 e. The van der Waals surface area contributed by atoms with Crippen LogP contribution in [0.1, 0.15) is 12.0 Å². The zero-order valence-corrected chi connectivity index (χ0v) is 18.9. The molecule has 3 rings (SSSR count). The van der Waals surface area contributed by atoms with Crippen molar-refractivity contribution >= 4 is 26.6 Å². The van der Waals surface area contributed by atoms with Crippen LogP contribution in [0.25, 0.3) is 10.9 Å². The molecule has 0 aliphatic rings. The lowest BCUT2D eigenvalue weighted by Gasteiger charge is -2.15. The minimum Gasteiger partial charge on any atom is -0.497 e. The molecule has 0 aliphatic heterocycles. The number of ether oxygens (including phenoxy) is 2. The van der Waals surface area contributed by atoms with Crippen LogP contribution >= 0.6 is 0 Å². The normalized spacial score (nSPS) is 11.8. The molecule has 162 valence electrons. The summed E-state index contributed by atoms with van der Waals surface area (Å²) < 4.78 is 38.9. The van der Waals surface area contributed by atoms with Gasteiger partial charge in [0.25, 0.3) is 10.0 Å². The van der Waals surface area contributed by atoms with E-state index in [4.69, 9.17) is 9.47 Å². The molecule has 0 aliphatic carbocycles. The van der Waals surface area contributed by atoms with Crippen LogP contribution < -0.4 is 14.8 Å². The van der Waals surface area contributed by atoms with Gasteiger partial charge in [-0.2, -0.15) is 0 Å². The number of aromatic nitrogens is 1. The molecule has 0 bridgehead atoms. The Labute approximate surface area is 178 Å². The minimum atomic E-state index is -3.78. The van der Waals surface area contributed by atoms with Crippen LogP contribution in [0.4, 0.5) is 5.69 Å². The molecule has 1 N–H and O–H groups in total. The van der Waals surface area contributed by atoms with E-state index in [1.165, 1.54) is 3.97 Å². The lowest BCUT2D eigenvalue weighted by molar-refractivity contribution is 0.404. The van der Waals surface area contributed by atoms with E-state index in [0.717, 1.165) is 23.9 Å². The number of fused-ring (bicyclic) bond motifs is 1. The number of methoxy groups -OCH3 is 2. The van der Waals surface area contributed by atoms with Gasteiger partial charge in [0.15, 0.2) is 0 Å². The van der Waals surface area contributed by atoms with Gasteiger partial charge in [0.2, 0.25) is 0 Å². The first-order valence-electron chi connectivity index (χ1n) is 9.76. The number of benzene rings is 2. The summed E-state index contributed by atoms with van der Waals surface area (Å²) in [6.07, 6.45) is 2.57. The largest absolute Gasteiger partial charge is 0.497 e. The number of rotatable bonds is 9. The first-order chi connectivity index (χ1) is 14.3. The molecule has 0 unspecified atom stereocenters. The van der Waals surface area contributed by atoms with Gasteiger partial charge >= 0.3 is 0 Å². The first kappa shape index (κ1) is 22.0. The average Bonchev–Trinajstić information content (AvgIpc) is 3.07. The molecule has 30 heavy (non-hydrogen) atoms. The van der Waals surface area contributed by atoms with E-state index in [9.17, 15) is 8.42 Å². The number of anilines is 1. The number of hydrogen-bond donors (Lipinski definition) is 1. The molecule has 8 heteroatoms. The van der Waals surface area contributed by atoms with Crippen molar-refractivity contribution in [3.63, 3.8) is 0 Å². The predicted molar refractivity (Wildman–Crippen MR) is 120 cm³/mol. The van der Waals surface area contributed by atoms with E-state index in [1.54, 1.807) is 50.7 Å². The number of hydrogen-bond acceptors (Lipinski definition) is 6. The molecule has 0 atom stereocenters. The van der Waals surface area contributed by atoms with Crippen LogP contribution in [0.2, 0.25) is 0 Å². The van der Waals surface area contributed by atoms with Gasteiger partial charge in [0, 0.05) is 18.1 Å². The van der Waals surface area contributed by atoms with Gasteiger partial charge in [0.05, 0.1) is 30.3 Å². The summed E-state index contributed by atoms with van der Waals surface area (Å²) in [4.78, 5) is 2.31. The van der Waals surface area contributed by atoms with E-state index in [2.05, 4.69) is 10.2 Å². The van der Waals surface area contributed by atoms with E-state index < -0.39 is 10.0 Å². The molecule has 1 aromatic heterocycles. The van der Waals surface area contributed by atoms with Gasteiger partial charge in [0.1, 0.15) is 11.5 Å². The highest BCUT2D eigenvalue weighted by molar-refractivity contribution is 7.90. The van der Waals surface area contributed by atoms with Gasteiger partial charge < -0.3 is 19.7 Å². The van der Waals surface area contributed by atoms with Crippen LogP contribution in [0.3, 0.4) is 0 Å². The third kappa shape index (κ3) is 4.39. The summed E-state index contributed by atoms with van der Waals surface area (Å²) in [7, 11) is 3.42. The Hall–Kier alpha value is -2.71. The fourth-order valence-corrected chi connectivity index (χ4v) is 4.83. The van der Waals surface area contributed by atoms with Gasteiger partial charge in [-0.1, -0.05) is 0 Å². The molecular formula is C22H29N3O4S. The summed E-state index contributed by atoms with van der Waals surface area (Å²) in [5.41, 5.74) is 2.14. The molecule has 1 heterocycles. The fourth-order valence-electron chi connectivity index (χ4n) is 3.38. The van der Waals surface area contributed by atoms with Crippen molar-refractivity contribution < 1.29 is 17.9 Å². The Morgan fingerprint density at radius 2 is 1.83 bits per heavy atom. The highest BCUT2D eigenvalue weighted by Gasteiger charge is 2.22. The molecule has 0 amide bonds. The highest BCUT2D eigenvalue weighted by Crippen LogP contribution is 2.32. The Morgan fingerprint density at radius 1 is 1.07 bits per heavy atom. The van der Waals surface area contributed by atoms with Crippen molar-refractivity contribution in [2.45, 2.75) is 18.2 Å². The summed E-state index contributed by atoms with van der Waals surface area (Å²) in [5, 5.41) is 4.14. The third-order valence-corrected chi connectivity index (χ3v) is 6.67. The minimum absolute atomic E-state index is 0.200. The van der Waals surface area contributed by atoms with Crippen LogP contribution in [0.5, 0.6) is 11.5 Å². The maximum Gasteiger partial charge on any atom is 0.268 e. The second-order valence-corrected chi connectivity index (χ2v) is 9.26. The zero-order chi connectivity index (χ0) is 21.9. The maximum atomic E-state index is 13.4. The second-order valence-electron chi connectivity index (χ2n) is 7.44. The Kier molecular flexibility index (Phi) is 6.58. The van der Waals surface area contributed by atoms with Crippen molar-refractivity contribution in [1.29, 1.82) is 0 Å². The molecule has 0 spiro atoms. The molecule has 7 nitrogen and oxygen atoms in total. The summed E-state index contributed by atoms with van der Waals surface area (Å²) in [6, 6.07) is 10.3. The van der Waals surface area contributed by atoms with Crippen molar-refractivity contribution in [3.8, 4) is 11.5 Å². The quantitative estimate of drug-likeness (QED) is 0.522. The van der Waals surface area contributed by atoms with E-state index in [0.29, 0.717) is 29.2 Å². The predicted octanol–water partition coefficient (Wildman–Crippen LogP) is 3.57. The fraction of sp³-hybridized carbons (Fsp3) is 0.364. The maximum absolute atomic E-state index is 13.4. The molecular weight excluding hydrogens is 402 g/mol. The molecule has 0 radical (unpaired) electrons. The molecule has 3 aromatic rings. The SMILES string of the molecule is COc1ccc2c(c1)c(C)cn2S(=O)(=O)c1ccc(OC)c(NCCCN(C)C)c1.